The minimum Gasteiger partial charge on any atom is -0.389 e. The second kappa shape index (κ2) is 5.42. The van der Waals surface area contributed by atoms with Crippen molar-refractivity contribution in [2.75, 3.05) is 6.54 Å². The molecule has 0 aliphatic heterocycles. The van der Waals surface area contributed by atoms with Crippen LogP contribution in [0.3, 0.4) is 0 Å². The Morgan fingerprint density at radius 2 is 1.95 bits per heavy atom. The number of hydrogen-bond donors (Lipinski definition) is 2. The van der Waals surface area contributed by atoms with Crippen LogP contribution in [0.15, 0.2) is 23.1 Å². The van der Waals surface area contributed by atoms with Crippen LogP contribution in [0.2, 0.25) is 5.02 Å². The summed E-state index contributed by atoms with van der Waals surface area (Å²) in [4.78, 5) is -0.651. The second-order valence-electron chi connectivity index (χ2n) is 5.05. The molecule has 0 heterocycles. The molecule has 0 aromatic heterocycles. The molecular weight excluding hydrogens is 331 g/mol. The number of halogens is 4. The number of alkyl halides is 3. The smallest absolute Gasteiger partial charge is 0.389 e. The molecule has 2 rings (SSSR count). The van der Waals surface area contributed by atoms with Crippen LogP contribution in [0, 0.1) is 0 Å². The van der Waals surface area contributed by atoms with Crippen molar-refractivity contribution in [1.29, 1.82) is 0 Å². The van der Waals surface area contributed by atoms with Crippen LogP contribution < -0.4 is 4.72 Å². The van der Waals surface area contributed by atoms with E-state index in [4.69, 9.17) is 11.6 Å². The van der Waals surface area contributed by atoms with Crippen molar-refractivity contribution in [2.45, 2.75) is 35.9 Å². The first-order valence-corrected chi connectivity index (χ1v) is 7.98. The summed E-state index contributed by atoms with van der Waals surface area (Å²) in [6.45, 7) is -0.248. The zero-order chi connectivity index (χ0) is 15.9. The van der Waals surface area contributed by atoms with Gasteiger partial charge in [0.1, 0.15) is 4.90 Å². The molecule has 0 bridgehead atoms. The molecular formula is C12H13ClF3NO3S. The van der Waals surface area contributed by atoms with Gasteiger partial charge >= 0.3 is 6.18 Å². The van der Waals surface area contributed by atoms with Gasteiger partial charge in [-0.15, -0.1) is 0 Å². The highest BCUT2D eigenvalue weighted by atomic mass is 35.5. The van der Waals surface area contributed by atoms with Gasteiger partial charge in [0.25, 0.3) is 0 Å². The third-order valence-electron chi connectivity index (χ3n) is 3.42. The molecule has 2 N–H and O–H groups in total. The number of hydrogen-bond acceptors (Lipinski definition) is 3. The van der Waals surface area contributed by atoms with Crippen LogP contribution in [0.25, 0.3) is 0 Å². The Labute approximate surface area is 125 Å². The molecule has 0 atom stereocenters. The quantitative estimate of drug-likeness (QED) is 0.883. The van der Waals surface area contributed by atoms with Crippen molar-refractivity contribution in [2.24, 2.45) is 0 Å². The summed E-state index contributed by atoms with van der Waals surface area (Å²) in [7, 11) is -4.23. The number of sulfonamides is 1. The van der Waals surface area contributed by atoms with Crippen LogP contribution in [0.4, 0.5) is 13.2 Å². The molecule has 4 nitrogen and oxygen atoms in total. The van der Waals surface area contributed by atoms with E-state index in [2.05, 4.69) is 4.72 Å². The molecule has 1 aromatic carbocycles. The third-order valence-corrected chi connectivity index (χ3v) is 5.31. The SMILES string of the molecule is O=S(=O)(NCC1(O)CCC1)c1cc(C(F)(F)F)ccc1Cl. The highest BCUT2D eigenvalue weighted by Crippen LogP contribution is 2.34. The molecule has 1 aromatic rings. The topological polar surface area (TPSA) is 66.4 Å². The lowest BCUT2D eigenvalue weighted by Gasteiger charge is -2.36. The summed E-state index contributed by atoms with van der Waals surface area (Å²) in [5.74, 6) is 0. The van der Waals surface area contributed by atoms with E-state index in [1.807, 2.05) is 0 Å². The van der Waals surface area contributed by atoms with E-state index in [0.29, 0.717) is 25.0 Å². The largest absolute Gasteiger partial charge is 0.416 e. The maximum absolute atomic E-state index is 12.6. The normalized spacial score (nSPS) is 18.3. The van der Waals surface area contributed by atoms with Crippen molar-refractivity contribution in [1.82, 2.24) is 4.72 Å². The lowest BCUT2D eigenvalue weighted by atomic mass is 9.81. The lowest BCUT2D eigenvalue weighted by Crippen LogP contribution is -2.47. The Morgan fingerprint density at radius 3 is 2.43 bits per heavy atom. The van der Waals surface area contributed by atoms with Gasteiger partial charge in [-0.1, -0.05) is 11.6 Å². The molecule has 21 heavy (non-hydrogen) atoms. The summed E-state index contributed by atoms with van der Waals surface area (Å²) in [6, 6.07) is 2.08. The summed E-state index contributed by atoms with van der Waals surface area (Å²) < 4.78 is 64.1. The summed E-state index contributed by atoms with van der Waals surface area (Å²) in [5, 5.41) is 9.52. The summed E-state index contributed by atoms with van der Waals surface area (Å²) >= 11 is 5.68. The molecule has 118 valence electrons. The highest BCUT2D eigenvalue weighted by Gasteiger charge is 2.37. The standard InChI is InChI=1S/C12H13ClF3NO3S/c13-9-3-2-8(12(14,15)16)6-10(9)21(19,20)17-7-11(18)4-1-5-11/h2-3,6,17-18H,1,4-5,7H2. The van der Waals surface area contributed by atoms with Gasteiger partial charge in [-0.3, -0.25) is 0 Å². The van der Waals surface area contributed by atoms with Gasteiger partial charge in [-0.25, -0.2) is 13.1 Å². The molecule has 1 saturated carbocycles. The van der Waals surface area contributed by atoms with Gasteiger partial charge < -0.3 is 5.11 Å². The lowest BCUT2D eigenvalue weighted by molar-refractivity contribution is -0.137. The van der Waals surface area contributed by atoms with Crippen molar-refractivity contribution in [3.8, 4) is 0 Å². The minimum absolute atomic E-state index is 0.248. The molecule has 0 spiro atoms. The van der Waals surface area contributed by atoms with Gasteiger partial charge in [0.15, 0.2) is 0 Å². The maximum Gasteiger partial charge on any atom is 0.416 e. The van der Waals surface area contributed by atoms with Crippen LogP contribution in [-0.2, 0) is 16.2 Å². The fourth-order valence-corrected chi connectivity index (χ4v) is 3.60. The number of benzene rings is 1. The average molecular weight is 344 g/mol. The van der Waals surface area contributed by atoms with Gasteiger partial charge in [-0.2, -0.15) is 13.2 Å². The Balaban J connectivity index is 2.26. The minimum atomic E-state index is -4.67. The Hall–Kier alpha value is -0.830. The van der Waals surface area contributed by atoms with Crippen molar-refractivity contribution >= 4 is 21.6 Å². The van der Waals surface area contributed by atoms with Crippen LogP contribution in [0.5, 0.6) is 0 Å². The molecule has 0 saturated heterocycles. The zero-order valence-electron chi connectivity index (χ0n) is 10.7. The van der Waals surface area contributed by atoms with E-state index in [9.17, 15) is 26.7 Å². The van der Waals surface area contributed by atoms with Gasteiger partial charge in [-0.05, 0) is 37.5 Å². The van der Waals surface area contributed by atoms with Crippen LogP contribution in [0.1, 0.15) is 24.8 Å². The molecule has 0 amide bonds. The summed E-state index contributed by atoms with van der Waals surface area (Å²) in [5.41, 5.74) is -2.23. The van der Waals surface area contributed by atoms with Crippen molar-refractivity contribution < 1.29 is 26.7 Å². The van der Waals surface area contributed by atoms with Crippen LogP contribution >= 0.6 is 11.6 Å². The fourth-order valence-electron chi connectivity index (χ4n) is 1.95. The molecule has 0 unspecified atom stereocenters. The van der Waals surface area contributed by atoms with E-state index in [0.717, 1.165) is 12.5 Å². The number of rotatable bonds is 4. The maximum atomic E-state index is 12.6. The molecule has 1 aliphatic carbocycles. The second-order valence-corrected chi connectivity index (χ2v) is 7.19. The third kappa shape index (κ3) is 3.68. The molecule has 1 fully saturated rings. The zero-order valence-corrected chi connectivity index (χ0v) is 12.3. The van der Waals surface area contributed by atoms with E-state index < -0.39 is 32.3 Å². The molecule has 0 radical (unpaired) electrons. The summed E-state index contributed by atoms with van der Waals surface area (Å²) in [6.07, 6.45) is -2.98. The van der Waals surface area contributed by atoms with Gasteiger partial charge in [0.05, 0.1) is 16.2 Å². The van der Waals surface area contributed by atoms with Crippen LogP contribution in [-0.4, -0.2) is 25.7 Å². The average Bonchev–Trinajstić information content (AvgIpc) is 2.33. The predicted molar refractivity (Wildman–Crippen MR) is 70.4 cm³/mol. The number of nitrogens with one attached hydrogen (secondary N) is 1. The number of aliphatic hydroxyl groups is 1. The van der Waals surface area contributed by atoms with Gasteiger partial charge in [0.2, 0.25) is 10.0 Å². The predicted octanol–water partition coefficient (Wildman–Crippen LogP) is 2.55. The van der Waals surface area contributed by atoms with E-state index >= 15 is 0 Å². The highest BCUT2D eigenvalue weighted by molar-refractivity contribution is 7.89. The van der Waals surface area contributed by atoms with E-state index in [1.165, 1.54) is 0 Å². The first-order valence-electron chi connectivity index (χ1n) is 6.12. The molecule has 9 heteroatoms. The molecule has 1 aliphatic rings. The Morgan fingerprint density at radius 1 is 1.33 bits per heavy atom. The monoisotopic (exact) mass is 343 g/mol. The Kier molecular flexibility index (Phi) is 4.27. The van der Waals surface area contributed by atoms with Gasteiger partial charge in [0, 0.05) is 6.54 Å². The fraction of sp³-hybridized carbons (Fsp3) is 0.500. The first-order chi connectivity index (χ1) is 9.54. The van der Waals surface area contributed by atoms with Crippen molar-refractivity contribution in [3.63, 3.8) is 0 Å². The van der Waals surface area contributed by atoms with E-state index in [-0.39, 0.29) is 11.6 Å². The Bertz CT molecular complexity index is 642. The van der Waals surface area contributed by atoms with E-state index in [1.54, 1.807) is 0 Å². The first kappa shape index (κ1) is 16.5. The van der Waals surface area contributed by atoms with Crippen molar-refractivity contribution in [3.05, 3.63) is 28.8 Å².